The van der Waals surface area contributed by atoms with Crippen LogP contribution in [0.5, 0.6) is 0 Å². The van der Waals surface area contributed by atoms with E-state index in [2.05, 4.69) is 47.9 Å². The van der Waals surface area contributed by atoms with Gasteiger partial charge >= 0.3 is 0 Å². The number of likely N-dealkylation sites (tertiary alicyclic amines) is 1. The highest BCUT2D eigenvalue weighted by Gasteiger charge is 2.61. The molecule has 0 N–H and O–H groups in total. The molecule has 0 radical (unpaired) electrons. The number of hydrogen-bond acceptors (Lipinski definition) is 2. The molecule has 0 unspecified atom stereocenters. The number of fused-ring (bicyclic) bond motifs is 5. The van der Waals surface area contributed by atoms with Crippen molar-refractivity contribution in [2.24, 2.45) is 28.6 Å². The smallest absolute Gasteiger partial charge is 0.222 e. The minimum absolute atomic E-state index is 0.219. The molecule has 4 heteroatoms. The monoisotopic (exact) mass is 422 g/mol. The van der Waals surface area contributed by atoms with Gasteiger partial charge in [0.2, 0.25) is 12.3 Å². The quantitative estimate of drug-likeness (QED) is 0.649. The van der Waals surface area contributed by atoms with E-state index < -0.39 is 0 Å². The lowest BCUT2D eigenvalue weighted by molar-refractivity contribution is -0.159. The highest BCUT2D eigenvalue weighted by molar-refractivity contribution is 5.77. The normalized spacial score (nSPS) is 41.8. The molecule has 168 valence electrons. The Labute approximate surface area is 187 Å². The second-order valence-corrected chi connectivity index (χ2v) is 11.4. The standard InChI is InChI=1S/C27H38N2O2/c1-26-16-14-25(31)28(3)23(26)11-9-20-21-10-12-24(27(21,2)15-13-22(20)26)29(18-30)17-19-7-5-4-6-8-19/h4-8,18,20-24H,9-17H2,1-3H3/t20-,21+,22+,23-,24+,26-,27+/m1/s1. The van der Waals surface area contributed by atoms with Crippen molar-refractivity contribution in [1.29, 1.82) is 0 Å². The van der Waals surface area contributed by atoms with Gasteiger partial charge in [0.1, 0.15) is 0 Å². The van der Waals surface area contributed by atoms with Crippen LogP contribution in [0.4, 0.5) is 0 Å². The minimum atomic E-state index is 0.219. The summed E-state index contributed by atoms with van der Waals surface area (Å²) in [6.07, 6.45) is 10.1. The molecular formula is C27H38N2O2. The Morgan fingerprint density at radius 3 is 2.48 bits per heavy atom. The molecule has 1 saturated heterocycles. The molecular weight excluding hydrogens is 384 g/mol. The Balaban J connectivity index is 1.38. The maximum atomic E-state index is 12.4. The van der Waals surface area contributed by atoms with Crippen molar-refractivity contribution in [3.8, 4) is 0 Å². The van der Waals surface area contributed by atoms with Gasteiger partial charge in [0.15, 0.2) is 0 Å². The molecule has 3 aliphatic carbocycles. The van der Waals surface area contributed by atoms with Crippen LogP contribution in [0.1, 0.15) is 70.8 Å². The SMILES string of the molecule is CN1C(=O)CC[C@]2(C)[C@H]3CC[C@]4(C)[C@@H](N(C=O)Cc5ccccc5)CC[C@H]4[C@H]3CC[C@@H]12. The molecule has 1 aliphatic heterocycles. The first-order valence-electron chi connectivity index (χ1n) is 12.4. The molecule has 0 spiro atoms. The number of hydrogen-bond donors (Lipinski definition) is 0. The van der Waals surface area contributed by atoms with Gasteiger partial charge in [0.05, 0.1) is 0 Å². The number of carbonyl (C=O) groups is 2. The zero-order chi connectivity index (χ0) is 21.8. The number of amides is 2. The average Bonchev–Trinajstić information content (AvgIpc) is 3.13. The third-order valence-electron chi connectivity index (χ3n) is 10.3. The van der Waals surface area contributed by atoms with Crippen LogP contribution < -0.4 is 0 Å². The molecule has 3 saturated carbocycles. The van der Waals surface area contributed by atoms with Crippen molar-refractivity contribution < 1.29 is 9.59 Å². The van der Waals surface area contributed by atoms with Crippen molar-refractivity contribution in [3.63, 3.8) is 0 Å². The van der Waals surface area contributed by atoms with Crippen molar-refractivity contribution in [1.82, 2.24) is 9.80 Å². The maximum Gasteiger partial charge on any atom is 0.222 e. The van der Waals surface area contributed by atoms with Crippen LogP contribution >= 0.6 is 0 Å². The maximum absolute atomic E-state index is 12.4. The highest BCUT2D eigenvalue weighted by atomic mass is 16.2. The second-order valence-electron chi connectivity index (χ2n) is 11.4. The fourth-order valence-corrected chi connectivity index (χ4v) is 8.68. The van der Waals surface area contributed by atoms with Gasteiger partial charge in [-0.3, -0.25) is 9.59 Å². The van der Waals surface area contributed by atoms with Gasteiger partial charge in [0, 0.05) is 32.1 Å². The third-order valence-corrected chi connectivity index (χ3v) is 10.3. The van der Waals surface area contributed by atoms with Crippen LogP contribution in [0.3, 0.4) is 0 Å². The molecule has 4 nitrogen and oxygen atoms in total. The van der Waals surface area contributed by atoms with Crippen LogP contribution in [0.25, 0.3) is 0 Å². The van der Waals surface area contributed by atoms with Crippen LogP contribution in [0.2, 0.25) is 0 Å². The molecule has 1 heterocycles. The molecule has 4 fully saturated rings. The van der Waals surface area contributed by atoms with Crippen molar-refractivity contribution in [2.75, 3.05) is 7.05 Å². The third kappa shape index (κ3) is 3.15. The Hall–Kier alpha value is -1.84. The number of rotatable bonds is 4. The summed E-state index contributed by atoms with van der Waals surface area (Å²) in [5.41, 5.74) is 1.70. The summed E-state index contributed by atoms with van der Waals surface area (Å²) >= 11 is 0. The lowest BCUT2D eigenvalue weighted by atomic mass is 9.47. The van der Waals surface area contributed by atoms with Crippen LogP contribution in [-0.2, 0) is 16.1 Å². The summed E-state index contributed by atoms with van der Waals surface area (Å²) < 4.78 is 0. The first-order chi connectivity index (χ1) is 14.9. The van der Waals surface area contributed by atoms with E-state index in [-0.39, 0.29) is 10.8 Å². The molecule has 2 amide bonds. The van der Waals surface area contributed by atoms with Gasteiger partial charge in [-0.2, -0.15) is 0 Å². The van der Waals surface area contributed by atoms with E-state index in [1.54, 1.807) is 0 Å². The topological polar surface area (TPSA) is 40.6 Å². The van der Waals surface area contributed by atoms with Gasteiger partial charge in [-0.15, -0.1) is 0 Å². The van der Waals surface area contributed by atoms with Crippen molar-refractivity contribution in [2.45, 2.75) is 83.8 Å². The van der Waals surface area contributed by atoms with Crippen LogP contribution in [0.15, 0.2) is 30.3 Å². The highest BCUT2D eigenvalue weighted by Crippen LogP contribution is 2.65. The Morgan fingerprint density at radius 1 is 1.00 bits per heavy atom. The van der Waals surface area contributed by atoms with E-state index in [0.29, 0.717) is 30.3 Å². The molecule has 1 aromatic rings. The van der Waals surface area contributed by atoms with E-state index >= 15 is 0 Å². The fraction of sp³-hybridized carbons (Fsp3) is 0.704. The lowest BCUT2D eigenvalue weighted by Gasteiger charge is -2.62. The molecule has 5 rings (SSSR count). The van der Waals surface area contributed by atoms with Crippen molar-refractivity contribution >= 4 is 12.3 Å². The first kappa shape index (κ1) is 21.0. The predicted molar refractivity (Wildman–Crippen MR) is 122 cm³/mol. The molecule has 0 bridgehead atoms. The van der Waals surface area contributed by atoms with Gasteiger partial charge in [0.25, 0.3) is 0 Å². The van der Waals surface area contributed by atoms with Gasteiger partial charge in [-0.1, -0.05) is 44.2 Å². The summed E-state index contributed by atoms with van der Waals surface area (Å²) in [6, 6.07) is 11.2. The predicted octanol–water partition coefficient (Wildman–Crippen LogP) is 4.88. The van der Waals surface area contributed by atoms with Gasteiger partial charge in [-0.25, -0.2) is 0 Å². The van der Waals surface area contributed by atoms with E-state index in [0.717, 1.165) is 44.1 Å². The zero-order valence-corrected chi connectivity index (χ0v) is 19.4. The van der Waals surface area contributed by atoms with Crippen LogP contribution in [-0.4, -0.2) is 41.2 Å². The summed E-state index contributed by atoms with van der Waals surface area (Å²) in [6.45, 7) is 5.69. The van der Waals surface area contributed by atoms with Crippen LogP contribution in [0, 0.1) is 28.6 Å². The minimum Gasteiger partial charge on any atom is -0.342 e. The molecule has 31 heavy (non-hydrogen) atoms. The van der Waals surface area contributed by atoms with E-state index in [9.17, 15) is 9.59 Å². The van der Waals surface area contributed by atoms with E-state index in [4.69, 9.17) is 0 Å². The fourth-order valence-electron chi connectivity index (χ4n) is 8.68. The molecule has 4 aliphatic rings. The average molecular weight is 423 g/mol. The first-order valence-corrected chi connectivity index (χ1v) is 12.4. The number of nitrogens with zero attached hydrogens (tertiary/aromatic N) is 2. The second kappa shape index (κ2) is 7.64. The largest absolute Gasteiger partial charge is 0.342 e. The van der Waals surface area contributed by atoms with Crippen molar-refractivity contribution in [3.05, 3.63) is 35.9 Å². The van der Waals surface area contributed by atoms with E-state index in [1.807, 2.05) is 13.1 Å². The number of benzene rings is 1. The molecule has 1 aromatic carbocycles. The summed E-state index contributed by atoms with van der Waals surface area (Å²) in [5, 5.41) is 0. The summed E-state index contributed by atoms with van der Waals surface area (Å²) in [5.74, 6) is 2.51. The summed E-state index contributed by atoms with van der Waals surface area (Å²) in [7, 11) is 2.04. The number of carbonyl (C=O) groups excluding carboxylic acids is 2. The zero-order valence-electron chi connectivity index (χ0n) is 19.4. The number of piperidine rings is 1. The Kier molecular flexibility index (Phi) is 5.18. The van der Waals surface area contributed by atoms with Gasteiger partial charge in [-0.05, 0) is 79.1 Å². The van der Waals surface area contributed by atoms with Gasteiger partial charge < -0.3 is 9.80 Å². The molecule has 0 aromatic heterocycles. The van der Waals surface area contributed by atoms with E-state index in [1.165, 1.54) is 31.2 Å². The lowest BCUT2D eigenvalue weighted by Crippen LogP contribution is -2.62. The Bertz CT molecular complexity index is 841. The summed E-state index contributed by atoms with van der Waals surface area (Å²) in [4.78, 5) is 28.8. The Morgan fingerprint density at radius 2 is 1.74 bits per heavy atom. The molecule has 7 atom stereocenters.